The maximum atomic E-state index is 13.5. The SMILES string of the molecule is CC[C@@]1(C)OC(=O)C(Oc2ccc(F)c(F)c2)=C1c1ccc(S(C)(=O)=O)cc1. The average Bonchev–Trinajstić information content (AvgIpc) is 2.88. The monoisotopic (exact) mass is 408 g/mol. The molecule has 148 valence electrons. The van der Waals surface area contributed by atoms with E-state index in [9.17, 15) is 22.0 Å². The lowest BCUT2D eigenvalue weighted by atomic mass is 9.88. The summed E-state index contributed by atoms with van der Waals surface area (Å²) in [5, 5.41) is 0. The van der Waals surface area contributed by atoms with Crippen molar-refractivity contribution >= 4 is 21.4 Å². The third-order valence-corrected chi connectivity index (χ3v) is 5.74. The molecule has 0 fully saturated rings. The molecule has 0 unspecified atom stereocenters. The number of sulfone groups is 1. The van der Waals surface area contributed by atoms with Crippen LogP contribution in [0, 0.1) is 11.6 Å². The van der Waals surface area contributed by atoms with Gasteiger partial charge < -0.3 is 9.47 Å². The molecule has 0 aromatic heterocycles. The van der Waals surface area contributed by atoms with Gasteiger partial charge in [-0.15, -0.1) is 0 Å². The molecule has 2 aromatic rings. The van der Waals surface area contributed by atoms with E-state index in [1.165, 1.54) is 18.2 Å². The molecular weight excluding hydrogens is 390 g/mol. The third-order valence-electron chi connectivity index (χ3n) is 4.62. The van der Waals surface area contributed by atoms with E-state index in [0.29, 0.717) is 17.6 Å². The van der Waals surface area contributed by atoms with Crippen molar-refractivity contribution in [2.45, 2.75) is 30.8 Å². The Hall–Kier alpha value is -2.74. The minimum atomic E-state index is -3.38. The fraction of sp³-hybridized carbons (Fsp3) is 0.250. The summed E-state index contributed by atoms with van der Waals surface area (Å²) in [6.45, 7) is 3.52. The van der Waals surface area contributed by atoms with E-state index in [-0.39, 0.29) is 16.4 Å². The van der Waals surface area contributed by atoms with Gasteiger partial charge in [0.15, 0.2) is 21.5 Å². The number of esters is 1. The first-order chi connectivity index (χ1) is 13.0. The maximum Gasteiger partial charge on any atom is 0.375 e. The Morgan fingerprint density at radius 2 is 1.71 bits per heavy atom. The highest BCUT2D eigenvalue weighted by Gasteiger charge is 2.45. The molecule has 0 aliphatic carbocycles. The molecule has 1 atom stereocenters. The molecule has 0 N–H and O–H groups in total. The Morgan fingerprint density at radius 1 is 1.07 bits per heavy atom. The highest BCUT2D eigenvalue weighted by atomic mass is 32.2. The predicted octanol–water partition coefficient (Wildman–Crippen LogP) is 3.88. The molecule has 8 heteroatoms. The molecule has 0 saturated carbocycles. The minimum absolute atomic E-state index is 0.0588. The van der Waals surface area contributed by atoms with Gasteiger partial charge in [0.25, 0.3) is 0 Å². The highest BCUT2D eigenvalue weighted by Crippen LogP contribution is 2.42. The van der Waals surface area contributed by atoms with E-state index < -0.39 is 33.0 Å². The predicted molar refractivity (Wildman–Crippen MR) is 98.2 cm³/mol. The first kappa shape index (κ1) is 20.0. The van der Waals surface area contributed by atoms with Gasteiger partial charge in [0.2, 0.25) is 5.76 Å². The summed E-state index contributed by atoms with van der Waals surface area (Å²) >= 11 is 0. The number of rotatable bonds is 5. The zero-order valence-electron chi connectivity index (χ0n) is 15.5. The van der Waals surface area contributed by atoms with Crippen LogP contribution < -0.4 is 4.74 Å². The Morgan fingerprint density at radius 3 is 2.25 bits per heavy atom. The van der Waals surface area contributed by atoms with Crippen LogP contribution in [0.3, 0.4) is 0 Å². The molecule has 1 heterocycles. The third kappa shape index (κ3) is 3.64. The lowest BCUT2D eigenvalue weighted by Crippen LogP contribution is -2.26. The van der Waals surface area contributed by atoms with Crippen LogP contribution in [-0.2, 0) is 19.4 Å². The van der Waals surface area contributed by atoms with Crippen molar-refractivity contribution in [2.24, 2.45) is 0 Å². The fourth-order valence-electron chi connectivity index (χ4n) is 2.95. The number of hydrogen-bond donors (Lipinski definition) is 0. The van der Waals surface area contributed by atoms with Crippen molar-refractivity contribution < 1.29 is 31.5 Å². The van der Waals surface area contributed by atoms with E-state index in [1.54, 1.807) is 19.1 Å². The number of carbonyl (C=O) groups is 1. The van der Waals surface area contributed by atoms with E-state index in [1.807, 2.05) is 6.92 Å². The molecule has 3 rings (SSSR count). The number of hydrogen-bond acceptors (Lipinski definition) is 5. The second kappa shape index (κ2) is 7.01. The lowest BCUT2D eigenvalue weighted by Gasteiger charge is -2.24. The molecule has 2 aromatic carbocycles. The summed E-state index contributed by atoms with van der Waals surface area (Å²) in [4.78, 5) is 12.6. The van der Waals surface area contributed by atoms with E-state index in [0.717, 1.165) is 18.4 Å². The smallest absolute Gasteiger partial charge is 0.375 e. The second-order valence-electron chi connectivity index (χ2n) is 6.65. The first-order valence-corrected chi connectivity index (χ1v) is 10.4. The Labute approximate surface area is 161 Å². The van der Waals surface area contributed by atoms with Crippen LogP contribution in [-0.4, -0.2) is 26.2 Å². The zero-order valence-corrected chi connectivity index (χ0v) is 16.3. The number of benzene rings is 2. The molecule has 0 bridgehead atoms. The van der Waals surface area contributed by atoms with Gasteiger partial charge >= 0.3 is 5.97 Å². The number of ether oxygens (including phenoxy) is 2. The number of carbonyl (C=O) groups excluding carboxylic acids is 1. The van der Waals surface area contributed by atoms with Crippen LogP contribution >= 0.6 is 0 Å². The molecule has 0 saturated heterocycles. The normalized spacial score (nSPS) is 19.7. The Bertz CT molecular complexity index is 1070. The molecule has 0 amide bonds. The Kier molecular flexibility index (Phi) is 5.01. The van der Waals surface area contributed by atoms with Gasteiger partial charge in [-0.1, -0.05) is 19.1 Å². The van der Waals surface area contributed by atoms with Gasteiger partial charge in [-0.05, 0) is 43.2 Å². The molecule has 0 spiro atoms. The van der Waals surface area contributed by atoms with Gasteiger partial charge in [-0.2, -0.15) is 0 Å². The van der Waals surface area contributed by atoms with E-state index >= 15 is 0 Å². The molecular formula is C20H18F2O5S. The number of cyclic esters (lactones) is 1. The summed E-state index contributed by atoms with van der Waals surface area (Å²) in [6, 6.07) is 8.88. The topological polar surface area (TPSA) is 69.7 Å². The average molecular weight is 408 g/mol. The van der Waals surface area contributed by atoms with Crippen molar-refractivity contribution in [3.05, 3.63) is 65.4 Å². The molecule has 1 aliphatic heterocycles. The number of halogens is 2. The summed E-state index contributed by atoms with van der Waals surface area (Å²) in [5.74, 6) is -3.10. The van der Waals surface area contributed by atoms with Gasteiger partial charge in [-0.3, -0.25) is 0 Å². The highest BCUT2D eigenvalue weighted by molar-refractivity contribution is 7.90. The van der Waals surface area contributed by atoms with Crippen LogP contribution in [0.4, 0.5) is 8.78 Å². The first-order valence-electron chi connectivity index (χ1n) is 8.46. The van der Waals surface area contributed by atoms with Gasteiger partial charge in [0.05, 0.1) is 10.5 Å². The Balaban J connectivity index is 2.12. The molecule has 0 radical (unpaired) electrons. The van der Waals surface area contributed by atoms with Crippen molar-refractivity contribution in [3.63, 3.8) is 0 Å². The molecule has 1 aliphatic rings. The standard InChI is InChI=1S/C20H18F2O5S/c1-4-20(2)17(12-5-8-14(9-6-12)28(3,24)25)18(19(23)27-20)26-13-7-10-15(21)16(22)11-13/h5-11H,4H2,1-3H3/t20-/m1/s1. The van der Waals surface area contributed by atoms with Crippen molar-refractivity contribution in [2.75, 3.05) is 6.26 Å². The quantitative estimate of drug-likeness (QED) is 0.702. The van der Waals surface area contributed by atoms with Crippen LogP contribution in [0.1, 0.15) is 25.8 Å². The van der Waals surface area contributed by atoms with Crippen LogP contribution in [0.2, 0.25) is 0 Å². The van der Waals surface area contributed by atoms with Crippen molar-refractivity contribution in [1.29, 1.82) is 0 Å². The van der Waals surface area contributed by atoms with E-state index in [4.69, 9.17) is 9.47 Å². The maximum absolute atomic E-state index is 13.5. The lowest BCUT2D eigenvalue weighted by molar-refractivity contribution is -0.147. The largest absolute Gasteiger partial charge is 0.449 e. The van der Waals surface area contributed by atoms with Gasteiger partial charge in [-0.25, -0.2) is 22.0 Å². The fourth-order valence-corrected chi connectivity index (χ4v) is 3.58. The summed E-state index contributed by atoms with van der Waals surface area (Å²) in [5.41, 5.74) is -0.0811. The van der Waals surface area contributed by atoms with Crippen molar-refractivity contribution in [3.8, 4) is 5.75 Å². The zero-order chi connectivity index (χ0) is 20.7. The minimum Gasteiger partial charge on any atom is -0.449 e. The molecule has 28 heavy (non-hydrogen) atoms. The molecule has 5 nitrogen and oxygen atoms in total. The van der Waals surface area contributed by atoms with Crippen LogP contribution in [0.5, 0.6) is 5.75 Å². The van der Waals surface area contributed by atoms with Crippen LogP contribution in [0.25, 0.3) is 5.57 Å². The summed E-state index contributed by atoms with van der Waals surface area (Å²) < 4.78 is 61.1. The van der Waals surface area contributed by atoms with Crippen LogP contribution in [0.15, 0.2) is 53.1 Å². The van der Waals surface area contributed by atoms with Gasteiger partial charge in [0.1, 0.15) is 11.4 Å². The summed E-state index contributed by atoms with van der Waals surface area (Å²) in [7, 11) is -3.38. The van der Waals surface area contributed by atoms with E-state index in [2.05, 4.69) is 0 Å². The van der Waals surface area contributed by atoms with Gasteiger partial charge in [0, 0.05) is 12.3 Å². The summed E-state index contributed by atoms with van der Waals surface area (Å²) in [6.07, 6.45) is 1.52. The second-order valence-corrected chi connectivity index (χ2v) is 8.67. The van der Waals surface area contributed by atoms with Crippen molar-refractivity contribution in [1.82, 2.24) is 0 Å².